The zero-order valence-corrected chi connectivity index (χ0v) is 12.6. The van der Waals surface area contributed by atoms with Crippen molar-refractivity contribution in [3.8, 4) is 0 Å². The zero-order valence-electron chi connectivity index (χ0n) is 12.6. The molecule has 1 fully saturated rings. The predicted octanol–water partition coefficient (Wildman–Crippen LogP) is 3.48. The van der Waals surface area contributed by atoms with Crippen LogP contribution in [0.25, 0.3) is 0 Å². The van der Waals surface area contributed by atoms with Crippen molar-refractivity contribution in [3.63, 3.8) is 0 Å². The lowest BCUT2D eigenvalue weighted by molar-refractivity contribution is -0.197. The Morgan fingerprint density at radius 3 is 2.35 bits per heavy atom. The summed E-state index contributed by atoms with van der Waals surface area (Å²) < 4.78 is 5.60. The molecular formula is C17H22O3. The summed E-state index contributed by atoms with van der Waals surface area (Å²) in [6, 6.07) is 8.81. The van der Waals surface area contributed by atoms with Gasteiger partial charge in [0.25, 0.3) is 0 Å². The number of benzene rings is 1. The van der Waals surface area contributed by atoms with E-state index >= 15 is 0 Å². The molecule has 0 amide bonds. The van der Waals surface area contributed by atoms with E-state index in [1.54, 1.807) is 24.3 Å². The van der Waals surface area contributed by atoms with Gasteiger partial charge in [-0.1, -0.05) is 45.9 Å². The Morgan fingerprint density at radius 1 is 1.30 bits per heavy atom. The van der Waals surface area contributed by atoms with Gasteiger partial charge in [-0.2, -0.15) is 0 Å². The van der Waals surface area contributed by atoms with Crippen LogP contribution in [0.4, 0.5) is 0 Å². The van der Waals surface area contributed by atoms with Gasteiger partial charge < -0.3 is 4.74 Å². The van der Waals surface area contributed by atoms with Gasteiger partial charge in [-0.3, -0.25) is 4.79 Å². The van der Waals surface area contributed by atoms with Crippen molar-refractivity contribution in [1.82, 2.24) is 0 Å². The Labute approximate surface area is 120 Å². The second-order valence-electron chi connectivity index (χ2n) is 6.54. The lowest BCUT2D eigenvalue weighted by atomic mass is 9.49. The molecule has 0 spiro atoms. The highest BCUT2D eigenvalue weighted by Crippen LogP contribution is 2.58. The summed E-state index contributed by atoms with van der Waals surface area (Å²) in [5.74, 6) is 0.428. The van der Waals surface area contributed by atoms with Gasteiger partial charge in [0.15, 0.2) is 11.9 Å². The maximum absolute atomic E-state index is 12.2. The largest absolute Gasteiger partial charge is 0.447 e. The molecule has 0 unspecified atom stereocenters. The first-order chi connectivity index (χ1) is 9.34. The van der Waals surface area contributed by atoms with E-state index in [2.05, 4.69) is 13.8 Å². The molecule has 2 rings (SSSR count). The molecule has 0 N–H and O–H groups in total. The number of aldehydes is 1. The van der Waals surface area contributed by atoms with Crippen LogP contribution in [-0.2, 0) is 9.53 Å². The number of carbonyl (C=O) groups excluding carboxylic acids is 2. The van der Waals surface area contributed by atoms with Crippen LogP contribution in [-0.4, -0.2) is 17.9 Å². The molecule has 20 heavy (non-hydrogen) atoms. The Bertz CT molecular complexity index is 504. The van der Waals surface area contributed by atoms with Crippen LogP contribution >= 0.6 is 0 Å². The molecule has 0 aromatic heterocycles. The van der Waals surface area contributed by atoms with Crippen LogP contribution in [0.5, 0.6) is 0 Å². The molecule has 0 aliphatic heterocycles. The van der Waals surface area contributed by atoms with E-state index in [1.807, 2.05) is 19.9 Å². The van der Waals surface area contributed by atoms with Crippen molar-refractivity contribution in [3.05, 3.63) is 35.9 Å². The summed E-state index contributed by atoms with van der Waals surface area (Å²) in [4.78, 5) is 23.8. The van der Waals surface area contributed by atoms with Gasteiger partial charge in [0, 0.05) is 5.41 Å². The fourth-order valence-electron chi connectivity index (χ4n) is 3.29. The second-order valence-corrected chi connectivity index (χ2v) is 6.54. The third-order valence-electron chi connectivity index (χ3n) is 4.82. The zero-order chi connectivity index (χ0) is 15.0. The monoisotopic (exact) mass is 274 g/mol. The average Bonchev–Trinajstić information content (AvgIpc) is 2.43. The molecule has 1 saturated carbocycles. The average molecular weight is 274 g/mol. The van der Waals surface area contributed by atoms with Gasteiger partial charge in [-0.25, -0.2) is 4.79 Å². The summed E-state index contributed by atoms with van der Waals surface area (Å²) in [6.07, 6.45) is 1.42. The Morgan fingerprint density at radius 2 is 1.90 bits per heavy atom. The Kier molecular flexibility index (Phi) is 3.72. The van der Waals surface area contributed by atoms with E-state index in [0.717, 1.165) is 6.29 Å². The predicted molar refractivity (Wildman–Crippen MR) is 77.4 cm³/mol. The molecule has 1 aliphatic carbocycles. The normalized spacial score (nSPS) is 27.8. The van der Waals surface area contributed by atoms with Gasteiger partial charge in [-0.05, 0) is 30.4 Å². The first-order valence-corrected chi connectivity index (χ1v) is 7.09. The Hall–Kier alpha value is -1.64. The van der Waals surface area contributed by atoms with Gasteiger partial charge in [0.1, 0.15) is 0 Å². The molecule has 1 aromatic rings. The Balaban J connectivity index is 2.19. The van der Waals surface area contributed by atoms with Gasteiger partial charge >= 0.3 is 5.97 Å². The first-order valence-electron chi connectivity index (χ1n) is 7.09. The van der Waals surface area contributed by atoms with Crippen LogP contribution in [0.15, 0.2) is 30.3 Å². The number of hydrogen-bond acceptors (Lipinski definition) is 3. The SMILES string of the molecule is CC(C)[C@H]1C[C@](C=O)(OC(=O)c2ccccc2)C1(C)C. The van der Waals surface area contributed by atoms with E-state index in [-0.39, 0.29) is 5.41 Å². The lowest BCUT2D eigenvalue weighted by Gasteiger charge is -2.59. The maximum atomic E-state index is 12.2. The van der Waals surface area contributed by atoms with Gasteiger partial charge in [0.2, 0.25) is 0 Å². The molecule has 1 aromatic carbocycles. The van der Waals surface area contributed by atoms with Crippen LogP contribution in [0.1, 0.15) is 44.5 Å². The molecule has 0 bridgehead atoms. The van der Waals surface area contributed by atoms with Crippen molar-refractivity contribution < 1.29 is 14.3 Å². The smallest absolute Gasteiger partial charge is 0.339 e. The molecular weight excluding hydrogens is 252 g/mol. The van der Waals surface area contributed by atoms with Gasteiger partial charge in [-0.15, -0.1) is 0 Å². The van der Waals surface area contributed by atoms with E-state index in [0.29, 0.717) is 23.8 Å². The van der Waals surface area contributed by atoms with Crippen molar-refractivity contribution >= 4 is 12.3 Å². The molecule has 3 nitrogen and oxygen atoms in total. The minimum Gasteiger partial charge on any atom is -0.447 e. The summed E-state index contributed by atoms with van der Waals surface area (Å²) in [5, 5.41) is 0. The molecule has 3 heteroatoms. The van der Waals surface area contributed by atoms with Crippen molar-refractivity contribution in [2.75, 3.05) is 0 Å². The number of hydrogen-bond donors (Lipinski definition) is 0. The van der Waals surface area contributed by atoms with E-state index in [9.17, 15) is 9.59 Å². The standard InChI is InChI=1S/C17H22O3/c1-12(2)14-10-17(11-18,16(14,3)4)20-15(19)13-8-6-5-7-9-13/h5-9,11-12,14H,10H2,1-4H3/t14-,17-/m1/s1. The third-order valence-corrected chi connectivity index (χ3v) is 4.82. The fraction of sp³-hybridized carbons (Fsp3) is 0.529. The van der Waals surface area contributed by atoms with Crippen molar-refractivity contribution in [2.45, 2.75) is 39.7 Å². The third kappa shape index (κ3) is 2.15. The molecule has 0 radical (unpaired) electrons. The highest BCUT2D eigenvalue weighted by molar-refractivity contribution is 5.91. The van der Waals surface area contributed by atoms with E-state index in [4.69, 9.17) is 4.74 Å². The maximum Gasteiger partial charge on any atom is 0.339 e. The minimum absolute atomic E-state index is 0.326. The van der Waals surface area contributed by atoms with Crippen molar-refractivity contribution in [2.24, 2.45) is 17.3 Å². The number of carbonyl (C=O) groups is 2. The quantitative estimate of drug-likeness (QED) is 0.623. The number of esters is 1. The highest BCUT2D eigenvalue weighted by atomic mass is 16.6. The second kappa shape index (κ2) is 5.04. The van der Waals surface area contributed by atoms with E-state index in [1.165, 1.54) is 0 Å². The van der Waals surface area contributed by atoms with Crippen LogP contribution in [0.2, 0.25) is 0 Å². The van der Waals surface area contributed by atoms with Crippen LogP contribution in [0.3, 0.4) is 0 Å². The molecule has 0 heterocycles. The number of ether oxygens (including phenoxy) is 1. The molecule has 0 saturated heterocycles. The van der Waals surface area contributed by atoms with Crippen LogP contribution < -0.4 is 0 Å². The topological polar surface area (TPSA) is 43.4 Å². The first kappa shape index (κ1) is 14.8. The number of rotatable bonds is 4. The molecule has 2 atom stereocenters. The van der Waals surface area contributed by atoms with E-state index < -0.39 is 11.6 Å². The molecule has 1 aliphatic rings. The van der Waals surface area contributed by atoms with Crippen molar-refractivity contribution in [1.29, 1.82) is 0 Å². The summed E-state index contributed by atoms with van der Waals surface area (Å²) >= 11 is 0. The summed E-state index contributed by atoms with van der Waals surface area (Å²) in [6.45, 7) is 8.29. The summed E-state index contributed by atoms with van der Waals surface area (Å²) in [7, 11) is 0. The summed E-state index contributed by atoms with van der Waals surface area (Å²) in [5.41, 5.74) is -0.833. The highest BCUT2D eigenvalue weighted by Gasteiger charge is 2.63. The minimum atomic E-state index is -0.991. The lowest BCUT2D eigenvalue weighted by Crippen LogP contribution is -2.65. The fourth-order valence-corrected chi connectivity index (χ4v) is 3.29. The van der Waals surface area contributed by atoms with Crippen LogP contribution in [0, 0.1) is 17.3 Å². The van der Waals surface area contributed by atoms with Gasteiger partial charge in [0.05, 0.1) is 5.56 Å². The molecule has 108 valence electrons.